The molecule has 0 amide bonds. The van der Waals surface area contributed by atoms with Crippen molar-refractivity contribution >= 4 is 11.6 Å². The second-order valence-electron chi connectivity index (χ2n) is 8.67. The average Bonchev–Trinajstić information content (AvgIpc) is 3.41. The first kappa shape index (κ1) is 21.8. The summed E-state index contributed by atoms with van der Waals surface area (Å²) in [7, 11) is 4.07. The number of benzene rings is 2. The summed E-state index contributed by atoms with van der Waals surface area (Å²) in [6.45, 7) is 1.86. The van der Waals surface area contributed by atoms with Gasteiger partial charge in [-0.2, -0.15) is 0 Å². The van der Waals surface area contributed by atoms with Crippen LogP contribution in [0.15, 0.2) is 60.8 Å². The van der Waals surface area contributed by atoms with Crippen LogP contribution in [0.25, 0.3) is 11.3 Å². The molecular weight excluding hydrogens is 421 g/mol. The van der Waals surface area contributed by atoms with Gasteiger partial charge in [0.25, 0.3) is 0 Å². The number of anilines is 2. The molecule has 2 saturated heterocycles. The molecule has 0 bridgehead atoms. The predicted molar refractivity (Wildman–Crippen MR) is 126 cm³/mol. The topological polar surface area (TPSA) is 71.5 Å². The van der Waals surface area contributed by atoms with Crippen LogP contribution in [0.5, 0.6) is 0 Å². The Bertz CT molecular complexity index is 1090. The van der Waals surface area contributed by atoms with E-state index >= 15 is 0 Å². The molecule has 2 aliphatic rings. The summed E-state index contributed by atoms with van der Waals surface area (Å²) in [5.74, 6) is 0.186. The van der Waals surface area contributed by atoms with Gasteiger partial charge in [-0.3, -0.25) is 0 Å². The average molecular weight is 450 g/mol. The van der Waals surface area contributed by atoms with E-state index in [1.807, 2.05) is 20.2 Å². The van der Waals surface area contributed by atoms with Crippen molar-refractivity contribution in [3.63, 3.8) is 0 Å². The molecular formula is C25H28FN5O2. The predicted octanol–water partition coefficient (Wildman–Crippen LogP) is 3.09. The van der Waals surface area contributed by atoms with Gasteiger partial charge in [-0.25, -0.2) is 14.4 Å². The molecule has 0 radical (unpaired) electrons. The van der Waals surface area contributed by atoms with E-state index in [9.17, 15) is 4.39 Å². The first-order valence-electron chi connectivity index (χ1n) is 11.2. The van der Waals surface area contributed by atoms with Gasteiger partial charge in [0.2, 0.25) is 5.95 Å². The summed E-state index contributed by atoms with van der Waals surface area (Å²) >= 11 is 0. The maximum Gasteiger partial charge on any atom is 0.223 e. The van der Waals surface area contributed by atoms with Crippen LogP contribution in [0.3, 0.4) is 0 Å². The number of hydrogen-bond donors (Lipinski definition) is 2. The number of nitrogens with zero attached hydrogens (tertiary/aromatic N) is 3. The molecule has 3 heterocycles. The number of fused-ring (bicyclic) bond motifs is 1. The SMILES string of the molecule is CN(C)c1ccc(CNC2COC3C(Nc4nccc(-c5cccc(F)c5)n4)COC23)cc1. The van der Waals surface area contributed by atoms with Gasteiger partial charge in [0.15, 0.2) is 0 Å². The lowest BCUT2D eigenvalue weighted by atomic mass is 10.1. The molecule has 2 fully saturated rings. The Labute approximate surface area is 193 Å². The Morgan fingerprint density at radius 3 is 2.52 bits per heavy atom. The van der Waals surface area contributed by atoms with Gasteiger partial charge < -0.3 is 25.0 Å². The maximum atomic E-state index is 13.6. The number of halogens is 1. The molecule has 0 aliphatic carbocycles. The molecule has 4 atom stereocenters. The number of ether oxygens (including phenoxy) is 2. The van der Waals surface area contributed by atoms with Crippen molar-refractivity contribution in [1.29, 1.82) is 0 Å². The van der Waals surface area contributed by atoms with E-state index in [0.717, 1.165) is 6.54 Å². The van der Waals surface area contributed by atoms with Crippen LogP contribution in [0.2, 0.25) is 0 Å². The van der Waals surface area contributed by atoms with E-state index in [4.69, 9.17) is 9.47 Å². The largest absolute Gasteiger partial charge is 0.378 e. The highest BCUT2D eigenvalue weighted by Gasteiger charge is 2.47. The normalized spacial score (nSPS) is 24.0. The van der Waals surface area contributed by atoms with Gasteiger partial charge in [-0.05, 0) is 35.9 Å². The third-order valence-corrected chi connectivity index (χ3v) is 6.16. The Balaban J connectivity index is 1.19. The fourth-order valence-electron chi connectivity index (χ4n) is 4.36. The minimum absolute atomic E-state index is 0.0325. The van der Waals surface area contributed by atoms with Crippen LogP contribution in [0.4, 0.5) is 16.0 Å². The first-order valence-corrected chi connectivity index (χ1v) is 11.2. The Hall–Kier alpha value is -3.07. The Kier molecular flexibility index (Phi) is 6.22. The number of aromatic nitrogens is 2. The lowest BCUT2D eigenvalue weighted by Crippen LogP contribution is -2.41. The first-order chi connectivity index (χ1) is 16.1. The lowest BCUT2D eigenvalue weighted by Gasteiger charge is -2.19. The molecule has 0 saturated carbocycles. The van der Waals surface area contributed by atoms with Crippen LogP contribution >= 0.6 is 0 Å². The van der Waals surface area contributed by atoms with Crippen molar-refractivity contribution in [3.8, 4) is 11.3 Å². The summed E-state index contributed by atoms with van der Waals surface area (Å²) < 4.78 is 25.7. The highest BCUT2D eigenvalue weighted by molar-refractivity contribution is 5.60. The maximum absolute atomic E-state index is 13.6. The van der Waals surface area contributed by atoms with Crippen molar-refractivity contribution in [3.05, 3.63) is 72.2 Å². The van der Waals surface area contributed by atoms with Gasteiger partial charge in [0.05, 0.1) is 31.0 Å². The van der Waals surface area contributed by atoms with Gasteiger partial charge >= 0.3 is 0 Å². The van der Waals surface area contributed by atoms with E-state index in [1.165, 1.54) is 23.4 Å². The molecule has 3 aromatic rings. The fourth-order valence-corrected chi connectivity index (χ4v) is 4.36. The molecule has 1 aromatic heterocycles. The molecule has 172 valence electrons. The molecule has 0 spiro atoms. The number of rotatable bonds is 7. The van der Waals surface area contributed by atoms with Gasteiger partial charge in [0.1, 0.15) is 18.0 Å². The zero-order valence-corrected chi connectivity index (χ0v) is 18.7. The quantitative estimate of drug-likeness (QED) is 0.574. The second kappa shape index (κ2) is 9.43. The van der Waals surface area contributed by atoms with Crippen molar-refractivity contribution in [2.75, 3.05) is 37.5 Å². The van der Waals surface area contributed by atoms with Gasteiger partial charge in [-0.15, -0.1) is 0 Å². The van der Waals surface area contributed by atoms with E-state index in [2.05, 4.69) is 49.8 Å². The molecule has 5 rings (SSSR count). The van der Waals surface area contributed by atoms with Crippen LogP contribution in [0, 0.1) is 5.82 Å². The van der Waals surface area contributed by atoms with E-state index in [1.54, 1.807) is 18.3 Å². The fraction of sp³-hybridized carbons (Fsp3) is 0.360. The Morgan fingerprint density at radius 2 is 1.76 bits per heavy atom. The van der Waals surface area contributed by atoms with E-state index in [0.29, 0.717) is 30.4 Å². The van der Waals surface area contributed by atoms with Crippen LogP contribution in [0.1, 0.15) is 5.56 Å². The van der Waals surface area contributed by atoms with E-state index < -0.39 is 0 Å². The van der Waals surface area contributed by atoms with Crippen LogP contribution in [-0.2, 0) is 16.0 Å². The summed E-state index contributed by atoms with van der Waals surface area (Å²) in [4.78, 5) is 11.0. The number of nitrogens with one attached hydrogen (secondary N) is 2. The Morgan fingerprint density at radius 1 is 1.00 bits per heavy atom. The zero-order chi connectivity index (χ0) is 22.8. The molecule has 33 heavy (non-hydrogen) atoms. The highest BCUT2D eigenvalue weighted by atomic mass is 19.1. The molecule has 7 nitrogen and oxygen atoms in total. The standard InChI is InChI=1S/C25H28FN5O2/c1-31(2)19-8-6-16(7-9-19)13-28-21-14-32-24-22(15-33-23(21)24)30-25-27-11-10-20(29-25)17-4-3-5-18(26)12-17/h3-12,21-24,28H,13-15H2,1-2H3,(H,27,29,30). The summed E-state index contributed by atoms with van der Waals surface area (Å²) in [5, 5.41) is 6.93. The van der Waals surface area contributed by atoms with Crippen LogP contribution < -0.4 is 15.5 Å². The summed E-state index contributed by atoms with van der Waals surface area (Å²) in [5.41, 5.74) is 3.77. The second-order valence-corrected chi connectivity index (χ2v) is 8.67. The smallest absolute Gasteiger partial charge is 0.223 e. The molecule has 2 N–H and O–H groups in total. The summed E-state index contributed by atoms with van der Waals surface area (Å²) in [6.07, 6.45) is 1.56. The zero-order valence-electron chi connectivity index (χ0n) is 18.7. The van der Waals surface area contributed by atoms with Crippen molar-refractivity contribution < 1.29 is 13.9 Å². The van der Waals surface area contributed by atoms with E-state index in [-0.39, 0.29) is 30.1 Å². The summed E-state index contributed by atoms with van der Waals surface area (Å²) in [6, 6.07) is 16.7. The lowest BCUT2D eigenvalue weighted by molar-refractivity contribution is 0.0675. The molecule has 4 unspecified atom stereocenters. The minimum atomic E-state index is -0.292. The van der Waals surface area contributed by atoms with Crippen molar-refractivity contribution in [1.82, 2.24) is 15.3 Å². The van der Waals surface area contributed by atoms with Gasteiger partial charge in [0, 0.05) is 38.1 Å². The van der Waals surface area contributed by atoms with Crippen molar-refractivity contribution in [2.24, 2.45) is 0 Å². The van der Waals surface area contributed by atoms with Gasteiger partial charge in [-0.1, -0.05) is 24.3 Å². The number of hydrogen-bond acceptors (Lipinski definition) is 7. The minimum Gasteiger partial charge on any atom is -0.378 e. The monoisotopic (exact) mass is 449 g/mol. The third-order valence-electron chi connectivity index (χ3n) is 6.16. The molecule has 2 aromatic carbocycles. The molecule has 2 aliphatic heterocycles. The van der Waals surface area contributed by atoms with Crippen molar-refractivity contribution in [2.45, 2.75) is 30.8 Å². The highest BCUT2D eigenvalue weighted by Crippen LogP contribution is 2.29. The van der Waals surface area contributed by atoms with Crippen LogP contribution in [-0.4, -0.2) is 61.6 Å². The third kappa shape index (κ3) is 4.83. The molecule has 8 heteroatoms.